The number of benzene rings is 1. The van der Waals surface area contributed by atoms with Gasteiger partial charge in [0.05, 0.1) is 4.90 Å². The number of rotatable bonds is 5. The van der Waals surface area contributed by atoms with Crippen molar-refractivity contribution in [1.82, 2.24) is 4.72 Å². The number of hydrogen-bond donors (Lipinski definition) is 2. The number of nitrogens with one attached hydrogen (secondary N) is 1. The van der Waals surface area contributed by atoms with Crippen LogP contribution in [0.4, 0.5) is 10.1 Å². The lowest BCUT2D eigenvalue weighted by molar-refractivity contribution is 0.388. The first kappa shape index (κ1) is 15.9. The average molecular weight is 288 g/mol. The Balaban J connectivity index is 3.22. The lowest BCUT2D eigenvalue weighted by Gasteiger charge is -2.27. The first-order valence-electron chi connectivity index (χ1n) is 6.25. The summed E-state index contributed by atoms with van der Waals surface area (Å²) < 4.78 is 40.7. The van der Waals surface area contributed by atoms with Crippen LogP contribution in [0.15, 0.2) is 17.0 Å². The molecule has 19 heavy (non-hydrogen) atoms. The largest absolute Gasteiger partial charge is 0.398 e. The summed E-state index contributed by atoms with van der Waals surface area (Å²) >= 11 is 0. The Bertz CT molecular complexity index is 543. The van der Waals surface area contributed by atoms with Crippen molar-refractivity contribution in [2.75, 3.05) is 5.73 Å². The molecule has 1 aromatic rings. The van der Waals surface area contributed by atoms with E-state index < -0.39 is 21.4 Å². The van der Waals surface area contributed by atoms with Crippen LogP contribution in [-0.2, 0) is 10.0 Å². The van der Waals surface area contributed by atoms with Gasteiger partial charge in [0.1, 0.15) is 5.82 Å². The summed E-state index contributed by atoms with van der Waals surface area (Å²) in [5.41, 5.74) is 5.46. The minimum Gasteiger partial charge on any atom is -0.398 e. The molecule has 0 saturated carbocycles. The van der Waals surface area contributed by atoms with Crippen molar-refractivity contribution in [3.63, 3.8) is 0 Å². The molecule has 0 aromatic heterocycles. The van der Waals surface area contributed by atoms with Gasteiger partial charge in [-0.25, -0.2) is 17.5 Å². The summed E-state index contributed by atoms with van der Waals surface area (Å²) in [7, 11) is -3.77. The summed E-state index contributed by atoms with van der Waals surface area (Å²) in [5.74, 6) is -0.616. The van der Waals surface area contributed by atoms with Gasteiger partial charge in [0.2, 0.25) is 10.0 Å². The van der Waals surface area contributed by atoms with Gasteiger partial charge in [-0.15, -0.1) is 0 Å². The Hall–Kier alpha value is -1.14. The van der Waals surface area contributed by atoms with Crippen molar-refractivity contribution in [2.45, 2.75) is 51.0 Å². The molecule has 0 unspecified atom stereocenters. The zero-order valence-corrected chi connectivity index (χ0v) is 12.6. The standard InChI is InChI=1S/C13H21FN2O2S/c1-5-13(4,6-2)16-19(17,18)10-7-11(14)9(3)12(15)8-10/h7-8,16H,5-6,15H2,1-4H3. The molecule has 0 aliphatic heterocycles. The smallest absolute Gasteiger partial charge is 0.241 e. The highest BCUT2D eigenvalue weighted by molar-refractivity contribution is 7.89. The fourth-order valence-corrected chi connectivity index (χ4v) is 3.20. The first-order valence-corrected chi connectivity index (χ1v) is 7.73. The normalized spacial score (nSPS) is 12.7. The molecule has 0 bridgehead atoms. The van der Waals surface area contributed by atoms with E-state index in [1.165, 1.54) is 13.0 Å². The summed E-state index contributed by atoms with van der Waals surface area (Å²) in [4.78, 5) is -0.138. The Kier molecular flexibility index (Phi) is 4.58. The molecule has 0 aliphatic rings. The molecular formula is C13H21FN2O2S. The molecule has 0 spiro atoms. The second kappa shape index (κ2) is 5.46. The predicted molar refractivity (Wildman–Crippen MR) is 74.9 cm³/mol. The molecule has 0 atom stereocenters. The van der Waals surface area contributed by atoms with Crippen molar-refractivity contribution in [3.8, 4) is 0 Å². The Morgan fingerprint density at radius 3 is 2.26 bits per heavy atom. The molecule has 4 nitrogen and oxygen atoms in total. The van der Waals surface area contributed by atoms with Crippen LogP contribution < -0.4 is 10.5 Å². The third-order valence-corrected chi connectivity index (χ3v) is 5.23. The van der Waals surface area contributed by atoms with Crippen molar-refractivity contribution in [2.24, 2.45) is 0 Å². The highest BCUT2D eigenvalue weighted by atomic mass is 32.2. The Morgan fingerprint density at radius 1 is 1.32 bits per heavy atom. The second-order valence-corrected chi connectivity index (χ2v) is 6.67. The van der Waals surface area contributed by atoms with Crippen LogP contribution in [0.5, 0.6) is 0 Å². The summed E-state index contributed by atoms with van der Waals surface area (Å²) in [6.07, 6.45) is 1.29. The number of anilines is 1. The predicted octanol–water partition coefficient (Wildman–Crippen LogP) is 2.57. The molecule has 3 N–H and O–H groups in total. The van der Waals surface area contributed by atoms with Gasteiger partial charge in [0, 0.05) is 16.8 Å². The minimum atomic E-state index is -3.77. The SMILES string of the molecule is CCC(C)(CC)NS(=O)(=O)c1cc(N)c(C)c(F)c1. The maximum atomic E-state index is 13.6. The molecule has 0 saturated heterocycles. The van der Waals surface area contributed by atoms with Crippen LogP contribution in [0.1, 0.15) is 39.2 Å². The van der Waals surface area contributed by atoms with Gasteiger partial charge in [-0.1, -0.05) is 13.8 Å². The van der Waals surface area contributed by atoms with E-state index in [1.54, 1.807) is 0 Å². The number of hydrogen-bond acceptors (Lipinski definition) is 3. The highest BCUT2D eigenvalue weighted by Gasteiger charge is 2.28. The molecule has 0 radical (unpaired) electrons. The van der Waals surface area contributed by atoms with Crippen molar-refractivity contribution in [3.05, 3.63) is 23.5 Å². The molecule has 108 valence electrons. The molecule has 6 heteroatoms. The lowest BCUT2D eigenvalue weighted by Crippen LogP contribution is -2.44. The zero-order valence-electron chi connectivity index (χ0n) is 11.7. The van der Waals surface area contributed by atoms with E-state index >= 15 is 0 Å². The third kappa shape index (κ3) is 3.45. The van der Waals surface area contributed by atoms with Gasteiger partial charge in [-0.3, -0.25) is 0 Å². The van der Waals surface area contributed by atoms with Gasteiger partial charge in [0.15, 0.2) is 0 Å². The molecule has 0 amide bonds. The monoisotopic (exact) mass is 288 g/mol. The van der Waals surface area contributed by atoms with E-state index in [9.17, 15) is 12.8 Å². The Morgan fingerprint density at radius 2 is 1.84 bits per heavy atom. The topological polar surface area (TPSA) is 72.2 Å². The fraction of sp³-hybridized carbons (Fsp3) is 0.538. The van der Waals surface area contributed by atoms with Crippen LogP contribution in [-0.4, -0.2) is 14.0 Å². The second-order valence-electron chi connectivity index (χ2n) is 4.99. The number of sulfonamides is 1. The van der Waals surface area contributed by atoms with Gasteiger partial charge in [-0.05, 0) is 38.8 Å². The molecule has 0 aliphatic carbocycles. The van der Waals surface area contributed by atoms with E-state index in [0.29, 0.717) is 12.8 Å². The van der Waals surface area contributed by atoms with Crippen LogP contribution in [0, 0.1) is 12.7 Å². The molecule has 1 rings (SSSR count). The van der Waals surface area contributed by atoms with E-state index in [4.69, 9.17) is 5.73 Å². The molecule has 1 aromatic carbocycles. The van der Waals surface area contributed by atoms with E-state index in [2.05, 4.69) is 4.72 Å². The molecule has 0 fully saturated rings. The number of halogens is 1. The number of nitrogens with two attached hydrogens (primary N) is 1. The Labute approximate surface area is 114 Å². The summed E-state index contributed by atoms with van der Waals surface area (Å²) in [6.45, 7) is 7.13. The van der Waals surface area contributed by atoms with Crippen LogP contribution in [0.2, 0.25) is 0 Å². The molecular weight excluding hydrogens is 267 g/mol. The maximum Gasteiger partial charge on any atom is 0.241 e. The lowest BCUT2D eigenvalue weighted by atomic mass is 9.98. The highest BCUT2D eigenvalue weighted by Crippen LogP contribution is 2.23. The zero-order chi connectivity index (χ0) is 14.8. The van der Waals surface area contributed by atoms with E-state index in [1.807, 2.05) is 20.8 Å². The number of nitrogen functional groups attached to an aromatic ring is 1. The fourth-order valence-electron chi connectivity index (χ4n) is 1.61. The van der Waals surface area contributed by atoms with Crippen molar-refractivity contribution < 1.29 is 12.8 Å². The molecule has 0 heterocycles. The van der Waals surface area contributed by atoms with Crippen LogP contribution in [0.25, 0.3) is 0 Å². The summed E-state index contributed by atoms with van der Waals surface area (Å²) in [5, 5.41) is 0. The van der Waals surface area contributed by atoms with Gasteiger partial charge in [-0.2, -0.15) is 0 Å². The first-order chi connectivity index (χ1) is 8.65. The van der Waals surface area contributed by atoms with Gasteiger partial charge < -0.3 is 5.73 Å². The van der Waals surface area contributed by atoms with Gasteiger partial charge >= 0.3 is 0 Å². The van der Waals surface area contributed by atoms with Crippen molar-refractivity contribution in [1.29, 1.82) is 0 Å². The average Bonchev–Trinajstić information content (AvgIpc) is 2.34. The third-order valence-electron chi connectivity index (χ3n) is 3.61. The van der Waals surface area contributed by atoms with E-state index in [-0.39, 0.29) is 16.1 Å². The van der Waals surface area contributed by atoms with Crippen LogP contribution in [0.3, 0.4) is 0 Å². The van der Waals surface area contributed by atoms with Crippen LogP contribution >= 0.6 is 0 Å². The summed E-state index contributed by atoms with van der Waals surface area (Å²) in [6, 6.07) is 2.28. The maximum absolute atomic E-state index is 13.6. The minimum absolute atomic E-state index is 0.134. The quantitative estimate of drug-likeness (QED) is 0.818. The van der Waals surface area contributed by atoms with Gasteiger partial charge in [0.25, 0.3) is 0 Å². The van der Waals surface area contributed by atoms with Crippen molar-refractivity contribution >= 4 is 15.7 Å². The van der Waals surface area contributed by atoms with E-state index in [0.717, 1.165) is 6.07 Å².